The van der Waals surface area contributed by atoms with E-state index in [0.29, 0.717) is 5.41 Å². The van der Waals surface area contributed by atoms with E-state index in [-0.39, 0.29) is 0 Å². The van der Waals surface area contributed by atoms with Gasteiger partial charge in [-0.1, -0.05) is 43.7 Å². The van der Waals surface area contributed by atoms with Crippen molar-refractivity contribution in [3.63, 3.8) is 0 Å². The maximum Gasteiger partial charge on any atom is 0.0107 e. The van der Waals surface area contributed by atoms with E-state index in [9.17, 15) is 0 Å². The maximum atomic E-state index is 5.87. The summed E-state index contributed by atoms with van der Waals surface area (Å²) in [6.07, 6.45) is 2.54. The molecule has 13 heavy (non-hydrogen) atoms. The molecular formula is C12H17N. The van der Waals surface area contributed by atoms with Gasteiger partial charge in [-0.2, -0.15) is 0 Å². The molecule has 1 heteroatoms. The van der Waals surface area contributed by atoms with Crippen molar-refractivity contribution in [1.82, 2.24) is 0 Å². The molecule has 0 bridgehead atoms. The predicted molar refractivity (Wildman–Crippen MR) is 55.6 cm³/mol. The fraction of sp³-hybridized carbons (Fsp3) is 0.500. The first kappa shape index (κ1) is 8.76. The van der Waals surface area contributed by atoms with Crippen LogP contribution in [0.5, 0.6) is 0 Å². The average molecular weight is 175 g/mol. The van der Waals surface area contributed by atoms with Gasteiger partial charge in [0.25, 0.3) is 0 Å². The predicted octanol–water partition coefficient (Wildman–Crippen LogP) is 2.31. The Kier molecular flexibility index (Phi) is 2.12. The van der Waals surface area contributed by atoms with Gasteiger partial charge in [-0.05, 0) is 17.9 Å². The van der Waals surface area contributed by atoms with E-state index in [0.717, 1.165) is 12.5 Å². The van der Waals surface area contributed by atoms with Crippen LogP contribution in [0.2, 0.25) is 0 Å². The van der Waals surface area contributed by atoms with Crippen molar-refractivity contribution in [1.29, 1.82) is 0 Å². The van der Waals surface area contributed by atoms with E-state index < -0.39 is 0 Å². The van der Waals surface area contributed by atoms with Crippen molar-refractivity contribution in [3.05, 3.63) is 35.9 Å². The van der Waals surface area contributed by atoms with E-state index in [2.05, 4.69) is 37.3 Å². The minimum Gasteiger partial charge on any atom is -0.330 e. The highest BCUT2D eigenvalue weighted by Crippen LogP contribution is 2.55. The van der Waals surface area contributed by atoms with E-state index in [1.54, 1.807) is 0 Å². The number of benzene rings is 1. The molecule has 1 aliphatic carbocycles. The van der Waals surface area contributed by atoms with Crippen LogP contribution in [0.25, 0.3) is 0 Å². The third-order valence-corrected chi connectivity index (χ3v) is 3.44. The van der Waals surface area contributed by atoms with E-state index in [4.69, 9.17) is 5.73 Å². The van der Waals surface area contributed by atoms with Gasteiger partial charge in [0.05, 0.1) is 0 Å². The van der Waals surface area contributed by atoms with Crippen molar-refractivity contribution in [2.75, 3.05) is 6.54 Å². The summed E-state index contributed by atoms with van der Waals surface area (Å²) in [7, 11) is 0. The summed E-state index contributed by atoms with van der Waals surface area (Å²) in [5, 5.41) is 0. The molecule has 0 heterocycles. The lowest BCUT2D eigenvalue weighted by atomic mass is 9.93. The topological polar surface area (TPSA) is 26.0 Å². The van der Waals surface area contributed by atoms with E-state index in [1.807, 2.05) is 0 Å². The molecule has 1 fully saturated rings. The van der Waals surface area contributed by atoms with E-state index in [1.165, 1.54) is 18.4 Å². The van der Waals surface area contributed by atoms with Crippen LogP contribution < -0.4 is 5.73 Å². The third-order valence-electron chi connectivity index (χ3n) is 3.44. The molecule has 1 aromatic carbocycles. The van der Waals surface area contributed by atoms with Gasteiger partial charge in [0.2, 0.25) is 0 Å². The van der Waals surface area contributed by atoms with Crippen LogP contribution in [0.1, 0.15) is 25.3 Å². The van der Waals surface area contributed by atoms with Gasteiger partial charge in [-0.25, -0.2) is 0 Å². The maximum absolute atomic E-state index is 5.87. The van der Waals surface area contributed by atoms with Crippen molar-refractivity contribution < 1.29 is 0 Å². The average Bonchev–Trinajstić information content (AvgIpc) is 2.94. The first-order chi connectivity index (χ1) is 6.33. The lowest BCUT2D eigenvalue weighted by Gasteiger charge is -2.14. The molecule has 0 aliphatic heterocycles. The standard InChI is InChI=1S/C12H17N/c1-2-10-8-12(10,9-13)11-6-4-3-5-7-11/h3-7,10H,2,8-9,13H2,1H3. The lowest BCUT2D eigenvalue weighted by molar-refractivity contribution is 0.600. The quantitative estimate of drug-likeness (QED) is 0.749. The molecule has 2 atom stereocenters. The van der Waals surface area contributed by atoms with Gasteiger partial charge in [0, 0.05) is 12.0 Å². The van der Waals surface area contributed by atoms with Crippen LogP contribution in [-0.4, -0.2) is 6.54 Å². The zero-order valence-corrected chi connectivity index (χ0v) is 8.16. The van der Waals surface area contributed by atoms with Crippen LogP contribution in [0.3, 0.4) is 0 Å². The Bertz CT molecular complexity index is 280. The molecule has 2 N–H and O–H groups in total. The molecule has 1 aromatic rings. The Morgan fingerprint density at radius 3 is 2.54 bits per heavy atom. The Labute approximate surface area is 80.0 Å². The Morgan fingerprint density at radius 1 is 1.38 bits per heavy atom. The van der Waals surface area contributed by atoms with Crippen LogP contribution in [-0.2, 0) is 5.41 Å². The minimum absolute atomic E-state index is 0.329. The molecule has 0 aromatic heterocycles. The molecule has 2 unspecified atom stereocenters. The van der Waals surface area contributed by atoms with Crippen molar-refractivity contribution in [2.45, 2.75) is 25.2 Å². The number of hydrogen-bond donors (Lipinski definition) is 1. The normalized spacial score (nSPS) is 31.7. The van der Waals surface area contributed by atoms with Crippen molar-refractivity contribution in [2.24, 2.45) is 11.7 Å². The van der Waals surface area contributed by atoms with Gasteiger partial charge >= 0.3 is 0 Å². The molecule has 1 saturated carbocycles. The Balaban J connectivity index is 2.25. The number of nitrogens with two attached hydrogens (primary N) is 1. The highest BCUT2D eigenvalue weighted by molar-refractivity contribution is 5.34. The van der Waals surface area contributed by atoms with Gasteiger partial charge in [0.15, 0.2) is 0 Å². The molecular weight excluding hydrogens is 158 g/mol. The zero-order valence-electron chi connectivity index (χ0n) is 8.16. The summed E-state index contributed by atoms with van der Waals surface area (Å²) in [5.74, 6) is 0.819. The fourth-order valence-corrected chi connectivity index (χ4v) is 2.41. The SMILES string of the molecule is CCC1CC1(CN)c1ccccc1. The second-order valence-electron chi connectivity index (χ2n) is 4.04. The summed E-state index contributed by atoms with van der Waals surface area (Å²) in [5.41, 5.74) is 7.63. The first-order valence-electron chi connectivity index (χ1n) is 5.09. The summed E-state index contributed by atoms with van der Waals surface area (Å²) in [4.78, 5) is 0. The van der Waals surface area contributed by atoms with Crippen LogP contribution in [0, 0.1) is 5.92 Å². The van der Waals surface area contributed by atoms with Gasteiger partial charge < -0.3 is 5.73 Å². The largest absolute Gasteiger partial charge is 0.330 e. The molecule has 2 rings (SSSR count). The number of rotatable bonds is 3. The van der Waals surface area contributed by atoms with Gasteiger partial charge in [-0.15, -0.1) is 0 Å². The Hall–Kier alpha value is -0.820. The zero-order chi connectivity index (χ0) is 9.31. The van der Waals surface area contributed by atoms with Gasteiger partial charge in [0.1, 0.15) is 0 Å². The lowest BCUT2D eigenvalue weighted by Crippen LogP contribution is -2.22. The van der Waals surface area contributed by atoms with E-state index >= 15 is 0 Å². The molecule has 0 spiro atoms. The highest BCUT2D eigenvalue weighted by Gasteiger charge is 2.52. The number of hydrogen-bond acceptors (Lipinski definition) is 1. The first-order valence-corrected chi connectivity index (χ1v) is 5.09. The monoisotopic (exact) mass is 175 g/mol. The van der Waals surface area contributed by atoms with Crippen molar-refractivity contribution >= 4 is 0 Å². The summed E-state index contributed by atoms with van der Waals surface area (Å²) >= 11 is 0. The van der Waals surface area contributed by atoms with Gasteiger partial charge in [-0.3, -0.25) is 0 Å². The molecule has 0 amide bonds. The summed E-state index contributed by atoms with van der Waals surface area (Å²) in [6.45, 7) is 3.06. The fourth-order valence-electron chi connectivity index (χ4n) is 2.41. The van der Waals surface area contributed by atoms with Crippen LogP contribution >= 0.6 is 0 Å². The van der Waals surface area contributed by atoms with Crippen molar-refractivity contribution in [3.8, 4) is 0 Å². The smallest absolute Gasteiger partial charge is 0.0107 e. The minimum atomic E-state index is 0.329. The molecule has 0 radical (unpaired) electrons. The second kappa shape index (κ2) is 3.15. The molecule has 70 valence electrons. The highest BCUT2D eigenvalue weighted by atomic mass is 14.7. The van der Waals surface area contributed by atoms with Crippen LogP contribution in [0.4, 0.5) is 0 Å². The third kappa shape index (κ3) is 1.28. The molecule has 0 saturated heterocycles. The summed E-state index contributed by atoms with van der Waals surface area (Å²) < 4.78 is 0. The molecule has 1 aliphatic rings. The molecule has 1 nitrogen and oxygen atoms in total. The second-order valence-corrected chi connectivity index (χ2v) is 4.04. The summed E-state index contributed by atoms with van der Waals surface area (Å²) in [6, 6.07) is 10.7. The Morgan fingerprint density at radius 2 is 2.08 bits per heavy atom. The van der Waals surface area contributed by atoms with Crippen LogP contribution in [0.15, 0.2) is 30.3 Å².